The van der Waals surface area contributed by atoms with Crippen LogP contribution >= 0.6 is 0 Å². The maximum Gasteiger partial charge on any atom is 0.0541 e. The Labute approximate surface area is 627 Å². The first-order valence-electron chi connectivity index (χ1n) is 37.3. The van der Waals surface area contributed by atoms with Crippen LogP contribution in [0.15, 0.2) is 425 Å². The third-order valence-corrected chi connectivity index (χ3v) is 22.0. The van der Waals surface area contributed by atoms with E-state index in [0.29, 0.717) is 0 Å². The van der Waals surface area contributed by atoms with E-state index in [9.17, 15) is 0 Å². The zero-order valence-corrected chi connectivity index (χ0v) is 59.3. The van der Waals surface area contributed by atoms with E-state index in [1.807, 2.05) is 0 Å². The van der Waals surface area contributed by atoms with Gasteiger partial charge in [-0.2, -0.15) is 0 Å². The number of aromatic nitrogens is 2. The van der Waals surface area contributed by atoms with Crippen LogP contribution in [0.25, 0.3) is 198 Å². The molecule has 0 unspecified atom stereocenters. The number of para-hydroxylation sites is 2. The van der Waals surface area contributed by atoms with Gasteiger partial charge in [0.15, 0.2) is 0 Å². The summed E-state index contributed by atoms with van der Waals surface area (Å²) in [6.07, 6.45) is 0. The van der Waals surface area contributed by atoms with Crippen LogP contribution < -0.4 is 0 Å². The van der Waals surface area contributed by atoms with E-state index in [1.165, 1.54) is 187 Å². The van der Waals surface area contributed by atoms with E-state index in [1.54, 1.807) is 0 Å². The summed E-state index contributed by atoms with van der Waals surface area (Å²) in [5, 5.41) is 15.1. The zero-order chi connectivity index (χ0) is 71.4. The van der Waals surface area contributed by atoms with Gasteiger partial charge in [-0.1, -0.05) is 358 Å². The summed E-state index contributed by atoms with van der Waals surface area (Å²) < 4.78 is 4.82. The van der Waals surface area contributed by atoms with E-state index in [0.717, 1.165) is 11.4 Å². The van der Waals surface area contributed by atoms with Crippen molar-refractivity contribution in [1.82, 2.24) is 9.13 Å². The molecule has 0 saturated carbocycles. The molecule has 0 aliphatic rings. The van der Waals surface area contributed by atoms with Crippen LogP contribution in [-0.4, -0.2) is 9.13 Å². The van der Waals surface area contributed by atoms with Crippen molar-refractivity contribution in [1.29, 1.82) is 0 Å². The fourth-order valence-corrected chi connectivity index (χ4v) is 17.0. The number of fused-ring (bicyclic) bond motifs is 10. The lowest BCUT2D eigenvalue weighted by Gasteiger charge is -2.18. The summed E-state index contributed by atoms with van der Waals surface area (Å²) in [4.78, 5) is 0. The molecule has 0 aliphatic carbocycles. The molecule has 108 heavy (non-hydrogen) atoms. The van der Waals surface area contributed by atoms with E-state index >= 15 is 0 Å². The van der Waals surface area contributed by atoms with Gasteiger partial charge in [0.05, 0.1) is 22.1 Å². The van der Waals surface area contributed by atoms with Crippen molar-refractivity contribution in [2.75, 3.05) is 0 Å². The lowest BCUT2D eigenvalue weighted by molar-refractivity contribution is 1.18. The first-order chi connectivity index (χ1) is 53.6. The molecule has 0 spiro atoms. The van der Waals surface area contributed by atoms with E-state index in [-0.39, 0.29) is 0 Å². The Balaban J connectivity index is 0.000000143. The van der Waals surface area contributed by atoms with Gasteiger partial charge in [0.25, 0.3) is 0 Å². The number of benzene rings is 19. The van der Waals surface area contributed by atoms with Gasteiger partial charge >= 0.3 is 0 Å². The topological polar surface area (TPSA) is 9.86 Å². The molecule has 21 rings (SSSR count). The molecule has 0 amide bonds. The van der Waals surface area contributed by atoms with Crippen molar-refractivity contribution in [3.8, 4) is 112 Å². The molecule has 0 bridgehead atoms. The molecular weight excluding hydrogens is 1300 g/mol. The van der Waals surface area contributed by atoms with Crippen molar-refractivity contribution in [3.63, 3.8) is 0 Å². The van der Waals surface area contributed by atoms with Crippen LogP contribution in [0.1, 0.15) is 0 Å². The third-order valence-electron chi connectivity index (χ3n) is 22.0. The number of hydrogen-bond donors (Lipinski definition) is 0. The zero-order valence-electron chi connectivity index (χ0n) is 59.3. The highest BCUT2D eigenvalue weighted by Crippen LogP contribution is 2.48. The van der Waals surface area contributed by atoms with Crippen molar-refractivity contribution in [2.45, 2.75) is 0 Å². The van der Waals surface area contributed by atoms with Crippen LogP contribution in [0.2, 0.25) is 0 Å². The quantitative estimate of drug-likeness (QED) is 0.114. The third kappa shape index (κ3) is 11.2. The van der Waals surface area contributed by atoms with Crippen LogP contribution in [0.5, 0.6) is 0 Å². The molecule has 0 radical (unpaired) electrons. The molecule has 2 heterocycles. The monoisotopic (exact) mass is 1370 g/mol. The first-order valence-corrected chi connectivity index (χ1v) is 37.3. The van der Waals surface area contributed by atoms with Gasteiger partial charge in [-0.25, -0.2) is 0 Å². The fraction of sp³-hybridized carbons (Fsp3) is 0. The van der Waals surface area contributed by atoms with Gasteiger partial charge in [0.1, 0.15) is 0 Å². The molecule has 2 heteroatoms. The van der Waals surface area contributed by atoms with Gasteiger partial charge in [-0.15, -0.1) is 0 Å². The molecule has 2 aromatic heterocycles. The van der Waals surface area contributed by atoms with Crippen LogP contribution in [0, 0.1) is 0 Å². The minimum Gasteiger partial charge on any atom is -0.309 e. The second-order valence-electron chi connectivity index (χ2n) is 28.1. The van der Waals surface area contributed by atoms with Gasteiger partial charge < -0.3 is 9.13 Å². The molecule has 2 nitrogen and oxygen atoms in total. The lowest BCUT2D eigenvalue weighted by atomic mass is 9.85. The summed E-state index contributed by atoms with van der Waals surface area (Å²) in [5.74, 6) is 0. The molecule has 0 N–H and O–H groups in total. The Kier molecular flexibility index (Phi) is 16.0. The average Bonchev–Trinajstić information content (AvgIpc) is 0.813. The molecule has 19 aromatic carbocycles. The predicted molar refractivity (Wildman–Crippen MR) is 461 cm³/mol. The minimum atomic E-state index is 1.15. The fourth-order valence-electron chi connectivity index (χ4n) is 17.0. The van der Waals surface area contributed by atoms with Crippen molar-refractivity contribution in [3.05, 3.63) is 425 Å². The molecule has 0 saturated heterocycles. The Morgan fingerprint density at radius 1 is 0.111 bits per heavy atom. The summed E-state index contributed by atoms with van der Waals surface area (Å²) in [6.45, 7) is 0. The van der Waals surface area contributed by atoms with Gasteiger partial charge in [-0.3, -0.25) is 0 Å². The SMILES string of the molecule is c1ccc(-c2ccc(-c3ccc4c(c3)c3ccccc3n4-c3ccc(-c4c5ccccc5c(-c5cccc(-c6ccccc6)c5)c5ccccc45)cc3)cc2)cc1.c1ccc(-c2ccc(-c3ccc4c(c3)c3ccccc3n4-c3ccc(-c4c5ccccc5c(-c5ccccc5)c5ccccc45)cc3)cc2)cc1. The highest BCUT2D eigenvalue weighted by Gasteiger charge is 2.22. The molecule has 504 valence electrons. The van der Waals surface area contributed by atoms with Crippen molar-refractivity contribution >= 4 is 86.7 Å². The van der Waals surface area contributed by atoms with Crippen LogP contribution in [0.3, 0.4) is 0 Å². The second kappa shape index (κ2) is 27.1. The largest absolute Gasteiger partial charge is 0.309 e. The van der Waals surface area contributed by atoms with Crippen molar-refractivity contribution < 1.29 is 0 Å². The van der Waals surface area contributed by atoms with Gasteiger partial charge in [-0.05, 0) is 210 Å². The van der Waals surface area contributed by atoms with Gasteiger partial charge in [0, 0.05) is 32.9 Å². The Hall–Kier alpha value is -14.2. The Bertz CT molecular complexity index is 6840. The summed E-state index contributed by atoms with van der Waals surface area (Å²) in [7, 11) is 0. The lowest BCUT2D eigenvalue weighted by Crippen LogP contribution is -1.95. The number of rotatable bonds is 11. The summed E-state index contributed by atoms with van der Waals surface area (Å²) in [5.41, 5.74) is 29.4. The maximum atomic E-state index is 2.41. The molecule has 0 fully saturated rings. The highest BCUT2D eigenvalue weighted by molar-refractivity contribution is 6.23. The number of nitrogens with zero attached hydrogens (tertiary/aromatic N) is 2. The highest BCUT2D eigenvalue weighted by atomic mass is 15.0. The van der Waals surface area contributed by atoms with Crippen LogP contribution in [0.4, 0.5) is 0 Å². The Morgan fingerprint density at radius 2 is 0.315 bits per heavy atom. The van der Waals surface area contributed by atoms with Crippen LogP contribution in [-0.2, 0) is 0 Å². The second-order valence-corrected chi connectivity index (χ2v) is 28.1. The van der Waals surface area contributed by atoms with Crippen molar-refractivity contribution in [2.24, 2.45) is 0 Å². The first kappa shape index (κ1) is 63.5. The average molecular weight is 1370 g/mol. The molecule has 0 aliphatic heterocycles. The predicted octanol–water partition coefficient (Wildman–Crippen LogP) is 29.2. The van der Waals surface area contributed by atoms with E-state index in [2.05, 4.69) is 434 Å². The summed E-state index contributed by atoms with van der Waals surface area (Å²) >= 11 is 0. The Morgan fingerprint density at radius 3 is 0.657 bits per heavy atom. The standard InChI is InChI=1S/C56H37N.C50H33N/c1-3-14-38(15-4-1)40-26-28-41(29-27-40)44-32-35-54-52(37-44)47-20-11-12-25-53(47)57(54)46-33-30-42(31-34-46)55-48-21-7-9-23-50(48)56(51-24-10-8-22-49(51)55)45-19-13-18-43(36-45)39-16-5-2-6-17-39;1-3-13-34(14-4-1)35-23-25-36(26-24-35)39-29-32-48-46(33-39)41-17-11-12-22-47(41)51(48)40-30-27-38(28-31-40)50-44-20-9-7-18-42(44)49(37-15-5-2-6-16-37)43-19-8-10-21-45(43)50/h1-37H;1-33H. The molecule has 0 atom stereocenters. The maximum absolute atomic E-state index is 2.41. The van der Waals surface area contributed by atoms with Gasteiger partial charge in [0.2, 0.25) is 0 Å². The van der Waals surface area contributed by atoms with E-state index < -0.39 is 0 Å². The van der Waals surface area contributed by atoms with E-state index in [4.69, 9.17) is 0 Å². The number of hydrogen-bond acceptors (Lipinski definition) is 0. The normalized spacial score (nSPS) is 11.5. The molecule has 21 aromatic rings. The smallest absolute Gasteiger partial charge is 0.0541 e. The minimum absolute atomic E-state index is 1.15. The molecular formula is C106H70N2. The summed E-state index contributed by atoms with van der Waals surface area (Å²) in [6, 6.07) is 155.